The normalized spacial score (nSPS) is 11.8. The molecule has 4 heteroatoms. The van der Waals surface area contributed by atoms with E-state index < -0.39 is 11.6 Å². The van der Waals surface area contributed by atoms with Gasteiger partial charge < -0.3 is 0 Å². The lowest BCUT2D eigenvalue weighted by molar-refractivity contribution is 0.0942. The summed E-state index contributed by atoms with van der Waals surface area (Å²) in [6, 6.07) is 11.2. The van der Waals surface area contributed by atoms with Gasteiger partial charge in [0.2, 0.25) is 0 Å². The molecule has 0 aromatic heterocycles. The van der Waals surface area contributed by atoms with E-state index in [2.05, 4.69) is 32.9 Å². The number of benzene rings is 2. The zero-order valence-electron chi connectivity index (χ0n) is 14.6. The average Bonchev–Trinajstić information content (AvgIpc) is 2.45. The Hall–Kier alpha value is -2.07. The van der Waals surface area contributed by atoms with Gasteiger partial charge in [0.15, 0.2) is 5.78 Å². The van der Waals surface area contributed by atoms with E-state index in [0.29, 0.717) is 6.54 Å². The molecule has 0 aliphatic heterocycles. The van der Waals surface area contributed by atoms with Crippen molar-refractivity contribution >= 4 is 5.78 Å². The summed E-state index contributed by atoms with van der Waals surface area (Å²) in [6.45, 7) is 7.17. The predicted molar refractivity (Wildman–Crippen MR) is 92.2 cm³/mol. The lowest BCUT2D eigenvalue weighted by atomic mass is 9.87. The molecule has 0 saturated heterocycles. The highest BCUT2D eigenvalue weighted by Gasteiger charge is 2.14. The van der Waals surface area contributed by atoms with Crippen LogP contribution in [0.5, 0.6) is 0 Å². The van der Waals surface area contributed by atoms with Gasteiger partial charge in [-0.2, -0.15) is 0 Å². The number of carbonyl (C=O) groups is 1. The minimum absolute atomic E-state index is 0.0578. The summed E-state index contributed by atoms with van der Waals surface area (Å²) < 4.78 is 26.4. The van der Waals surface area contributed by atoms with Crippen LogP contribution >= 0.6 is 0 Å². The van der Waals surface area contributed by atoms with Crippen LogP contribution in [0.2, 0.25) is 0 Å². The molecule has 0 bridgehead atoms. The van der Waals surface area contributed by atoms with Gasteiger partial charge in [-0.25, -0.2) is 8.78 Å². The quantitative estimate of drug-likeness (QED) is 0.748. The molecular weight excluding hydrogens is 308 g/mol. The maximum atomic E-state index is 13.2. The molecule has 2 aromatic rings. The third-order valence-electron chi connectivity index (χ3n) is 3.87. The van der Waals surface area contributed by atoms with Crippen molar-refractivity contribution in [2.24, 2.45) is 0 Å². The van der Waals surface area contributed by atoms with E-state index >= 15 is 0 Å². The van der Waals surface area contributed by atoms with Crippen molar-refractivity contribution in [1.29, 1.82) is 0 Å². The molecule has 24 heavy (non-hydrogen) atoms. The molecule has 2 rings (SSSR count). The first-order valence-corrected chi connectivity index (χ1v) is 7.92. The van der Waals surface area contributed by atoms with E-state index in [-0.39, 0.29) is 23.3 Å². The van der Waals surface area contributed by atoms with Crippen molar-refractivity contribution in [1.82, 2.24) is 4.90 Å². The molecule has 0 aliphatic rings. The van der Waals surface area contributed by atoms with Crippen molar-refractivity contribution in [2.75, 3.05) is 13.6 Å². The van der Waals surface area contributed by atoms with Crippen LogP contribution in [0.3, 0.4) is 0 Å². The third kappa shape index (κ3) is 4.96. The van der Waals surface area contributed by atoms with Crippen molar-refractivity contribution in [3.63, 3.8) is 0 Å². The molecule has 0 heterocycles. The Kier molecular flexibility index (Phi) is 5.50. The highest BCUT2D eigenvalue weighted by Crippen LogP contribution is 2.22. The van der Waals surface area contributed by atoms with Crippen LogP contribution in [0.25, 0.3) is 0 Å². The number of ketones is 1. The summed E-state index contributed by atoms with van der Waals surface area (Å²) in [4.78, 5) is 14.0. The summed E-state index contributed by atoms with van der Waals surface area (Å²) >= 11 is 0. The largest absolute Gasteiger partial charge is 0.295 e. The van der Waals surface area contributed by atoms with Crippen LogP contribution in [-0.2, 0) is 12.0 Å². The Morgan fingerprint density at radius 3 is 2.04 bits per heavy atom. The van der Waals surface area contributed by atoms with Gasteiger partial charge >= 0.3 is 0 Å². The minimum Gasteiger partial charge on any atom is -0.295 e. The van der Waals surface area contributed by atoms with Crippen molar-refractivity contribution in [3.8, 4) is 0 Å². The average molecular weight is 331 g/mol. The Balaban J connectivity index is 2.00. The smallest absolute Gasteiger partial charge is 0.177 e. The second-order valence-electron chi connectivity index (χ2n) is 7.20. The molecule has 0 unspecified atom stereocenters. The summed E-state index contributed by atoms with van der Waals surface area (Å²) in [6.07, 6.45) is 0. The Labute approximate surface area is 142 Å². The Morgan fingerprint density at radius 2 is 1.54 bits per heavy atom. The monoisotopic (exact) mass is 331 g/mol. The highest BCUT2D eigenvalue weighted by atomic mass is 19.1. The fourth-order valence-corrected chi connectivity index (χ4v) is 2.53. The second-order valence-corrected chi connectivity index (χ2v) is 7.20. The maximum Gasteiger partial charge on any atom is 0.177 e. The van der Waals surface area contributed by atoms with Gasteiger partial charge in [0.25, 0.3) is 0 Å². The fraction of sp³-hybridized carbons (Fsp3) is 0.350. The van der Waals surface area contributed by atoms with Gasteiger partial charge in [0.05, 0.1) is 6.54 Å². The number of nitrogens with zero attached hydrogens (tertiary/aromatic N) is 1. The molecule has 0 aliphatic carbocycles. The lowest BCUT2D eigenvalue weighted by Crippen LogP contribution is -2.25. The fourth-order valence-electron chi connectivity index (χ4n) is 2.53. The molecule has 128 valence electrons. The summed E-state index contributed by atoms with van der Waals surface area (Å²) in [5.41, 5.74) is 2.49. The van der Waals surface area contributed by atoms with E-state index in [1.807, 2.05) is 24.1 Å². The number of rotatable bonds is 5. The predicted octanol–water partition coefficient (Wildman–Crippen LogP) is 4.58. The summed E-state index contributed by atoms with van der Waals surface area (Å²) in [5.74, 6) is -1.78. The van der Waals surface area contributed by atoms with E-state index in [9.17, 15) is 13.6 Å². The number of likely N-dealkylation sites (N-methyl/N-ethyl adjacent to an activating group) is 1. The molecule has 0 atom stereocenters. The van der Waals surface area contributed by atoms with E-state index in [1.165, 1.54) is 5.56 Å². The topological polar surface area (TPSA) is 20.3 Å². The summed E-state index contributed by atoms with van der Waals surface area (Å²) in [7, 11) is 1.81. The molecule has 0 radical (unpaired) electrons. The van der Waals surface area contributed by atoms with Gasteiger partial charge in [-0.05, 0) is 35.7 Å². The van der Waals surface area contributed by atoms with Crippen molar-refractivity contribution < 1.29 is 13.6 Å². The number of halogens is 2. The Morgan fingerprint density at radius 1 is 1.00 bits per heavy atom. The number of carbonyl (C=O) groups excluding carboxylic acids is 1. The first-order valence-electron chi connectivity index (χ1n) is 7.92. The number of hydrogen-bond acceptors (Lipinski definition) is 2. The van der Waals surface area contributed by atoms with Gasteiger partial charge in [-0.3, -0.25) is 9.69 Å². The standard InChI is InChI=1S/C20H23F2NO/c1-20(2,3)16-7-5-14(6-8-16)12-23(4)13-19(24)15-9-17(21)11-18(22)10-15/h5-11H,12-13H2,1-4H3. The van der Waals surface area contributed by atoms with Gasteiger partial charge in [0.1, 0.15) is 11.6 Å². The van der Waals surface area contributed by atoms with Crippen LogP contribution in [0.15, 0.2) is 42.5 Å². The zero-order chi connectivity index (χ0) is 17.9. The van der Waals surface area contributed by atoms with Gasteiger partial charge in [-0.15, -0.1) is 0 Å². The lowest BCUT2D eigenvalue weighted by Gasteiger charge is -2.20. The molecule has 0 fully saturated rings. The van der Waals surface area contributed by atoms with Gasteiger partial charge in [0, 0.05) is 18.2 Å². The van der Waals surface area contributed by atoms with Crippen LogP contribution in [-0.4, -0.2) is 24.3 Å². The highest BCUT2D eigenvalue weighted by molar-refractivity contribution is 5.97. The van der Waals surface area contributed by atoms with E-state index in [4.69, 9.17) is 0 Å². The first-order chi connectivity index (χ1) is 11.1. The third-order valence-corrected chi connectivity index (χ3v) is 3.87. The number of hydrogen-bond donors (Lipinski definition) is 0. The Bertz CT molecular complexity index is 697. The van der Waals surface area contributed by atoms with Crippen LogP contribution < -0.4 is 0 Å². The first kappa shape index (κ1) is 18.3. The van der Waals surface area contributed by atoms with Crippen molar-refractivity contribution in [3.05, 3.63) is 70.8 Å². The maximum absolute atomic E-state index is 13.2. The van der Waals surface area contributed by atoms with Crippen LogP contribution in [0.4, 0.5) is 8.78 Å². The minimum atomic E-state index is -0.737. The zero-order valence-corrected chi connectivity index (χ0v) is 14.6. The second kappa shape index (κ2) is 7.22. The molecule has 0 spiro atoms. The van der Waals surface area contributed by atoms with Gasteiger partial charge in [-0.1, -0.05) is 45.0 Å². The molecular formula is C20H23F2NO. The summed E-state index contributed by atoms with van der Waals surface area (Å²) in [5, 5.41) is 0. The molecule has 2 nitrogen and oxygen atoms in total. The van der Waals surface area contributed by atoms with Crippen LogP contribution in [0.1, 0.15) is 42.3 Å². The molecule has 0 amide bonds. The molecule has 0 saturated carbocycles. The van der Waals surface area contributed by atoms with Crippen molar-refractivity contribution in [2.45, 2.75) is 32.7 Å². The van der Waals surface area contributed by atoms with Crippen LogP contribution in [0, 0.1) is 11.6 Å². The van der Waals surface area contributed by atoms with E-state index in [0.717, 1.165) is 23.8 Å². The molecule has 2 aromatic carbocycles. The number of Topliss-reactive ketones (excluding diaryl/α,β-unsaturated/α-hetero) is 1. The molecule has 0 N–H and O–H groups in total. The van der Waals surface area contributed by atoms with E-state index in [1.54, 1.807) is 0 Å². The SMILES string of the molecule is CN(CC(=O)c1cc(F)cc(F)c1)Cc1ccc(C(C)(C)C)cc1.